The van der Waals surface area contributed by atoms with Crippen molar-refractivity contribution in [3.8, 4) is 0 Å². The lowest BCUT2D eigenvalue weighted by molar-refractivity contribution is -0.337. The van der Waals surface area contributed by atoms with Crippen LogP contribution in [0.5, 0.6) is 0 Å². The van der Waals surface area contributed by atoms with Gasteiger partial charge in [-0.1, -0.05) is 202 Å². The van der Waals surface area contributed by atoms with Crippen molar-refractivity contribution < 1.29 is 47.1 Å². The Kier molecular flexibility index (Phi) is 18.3. The zero-order valence-electron chi connectivity index (χ0n) is 40.8. The molecule has 0 saturated carbocycles. The highest BCUT2D eigenvalue weighted by molar-refractivity contribution is 7.99. The average molecular weight is 983 g/mol. The van der Waals surface area contributed by atoms with Gasteiger partial charge in [-0.15, -0.1) is 0 Å². The second-order valence-corrected chi connectivity index (χ2v) is 25.2. The van der Waals surface area contributed by atoms with E-state index in [4.69, 9.17) is 42.3 Å². The van der Waals surface area contributed by atoms with Gasteiger partial charge in [0.05, 0.1) is 39.6 Å². The van der Waals surface area contributed by atoms with Crippen molar-refractivity contribution in [2.24, 2.45) is 0 Å². The summed E-state index contributed by atoms with van der Waals surface area (Å²) in [6.45, 7) is 12.4. The molecule has 0 aromatic heterocycles. The number of carbonyl (C=O) groups excluding carboxylic acids is 1. The van der Waals surface area contributed by atoms with E-state index in [1.807, 2.05) is 182 Å². The van der Waals surface area contributed by atoms with Crippen LogP contribution in [0.15, 0.2) is 187 Å². The predicted octanol–water partition coefficient (Wildman–Crippen LogP) is 11.7. The first-order valence-electron chi connectivity index (χ1n) is 24.2. The molecule has 2 saturated heterocycles. The molecule has 0 radical (unpaired) electrons. The number of esters is 1. The van der Waals surface area contributed by atoms with Crippen molar-refractivity contribution in [2.75, 3.05) is 6.61 Å². The first-order valence-corrected chi connectivity index (χ1v) is 27.9. The number of carbonyl (C=O) groups is 1. The summed E-state index contributed by atoms with van der Waals surface area (Å²) < 4.78 is 62.5. The van der Waals surface area contributed by atoms with E-state index in [2.05, 4.69) is 33.9 Å². The lowest BCUT2D eigenvalue weighted by Gasteiger charge is -2.51. The normalized spacial score (nSPS) is 24.0. The zero-order valence-corrected chi connectivity index (χ0v) is 42.6. The third kappa shape index (κ3) is 14.1. The highest BCUT2D eigenvalue weighted by atomic mass is 32.2. The van der Waals surface area contributed by atoms with Crippen molar-refractivity contribution in [1.29, 1.82) is 0 Å². The molecule has 8 rings (SSSR count). The minimum Gasteiger partial charge on any atom is -0.446 e. The molecule has 0 aliphatic carbocycles. The van der Waals surface area contributed by atoms with E-state index in [1.165, 1.54) is 11.8 Å². The molecule has 70 heavy (non-hydrogen) atoms. The lowest BCUT2D eigenvalue weighted by Crippen LogP contribution is -2.66. The molecule has 9 atom stereocenters. The second kappa shape index (κ2) is 24.9. The smallest absolute Gasteiger partial charge is 0.339 e. The monoisotopic (exact) mass is 982 g/mol. The topological polar surface area (TPSA) is 100 Å². The summed E-state index contributed by atoms with van der Waals surface area (Å²) in [6.07, 6.45) is -7.38. The van der Waals surface area contributed by atoms with Crippen LogP contribution in [-0.4, -0.2) is 75.3 Å². The fourth-order valence-corrected chi connectivity index (χ4v) is 10.5. The van der Waals surface area contributed by atoms with Crippen LogP contribution in [0.2, 0.25) is 18.1 Å². The number of rotatable bonds is 22. The Bertz CT molecular complexity index is 2450. The molecule has 6 aromatic rings. The van der Waals surface area contributed by atoms with Gasteiger partial charge >= 0.3 is 5.97 Å². The third-order valence-electron chi connectivity index (χ3n) is 13.0. The molecule has 0 unspecified atom stereocenters. The van der Waals surface area contributed by atoms with Crippen LogP contribution in [-0.2, 0) is 80.1 Å². The van der Waals surface area contributed by atoms with Gasteiger partial charge in [-0.25, -0.2) is 4.79 Å². The number of cyclic esters (lactones) is 1. The zero-order chi connectivity index (χ0) is 48.8. The Morgan fingerprint density at radius 3 is 1.36 bits per heavy atom. The van der Waals surface area contributed by atoms with Crippen LogP contribution >= 0.6 is 11.8 Å². The van der Waals surface area contributed by atoms with Gasteiger partial charge in [0.2, 0.25) is 0 Å². The SMILES string of the molecule is CC(C)(C)[Si](C)(C)O[C@H]1[C@@H](OCc2ccccc2)[C@@H](COCc2ccccc2)O[C@@H](O[C@@H]2C(=O)O[C@H](Sc3ccccc3)[C@H](OCc3ccccc3)[C@H]2OCc2ccccc2)[C@@H]1OCc1ccccc1. The molecule has 12 heteroatoms. The Balaban J connectivity index is 1.20. The van der Waals surface area contributed by atoms with Crippen LogP contribution in [0.3, 0.4) is 0 Å². The summed E-state index contributed by atoms with van der Waals surface area (Å²) in [6, 6.07) is 59.6. The number of hydrogen-bond acceptors (Lipinski definition) is 11. The van der Waals surface area contributed by atoms with E-state index in [0.717, 1.165) is 32.7 Å². The van der Waals surface area contributed by atoms with Gasteiger partial charge in [0.15, 0.2) is 26.1 Å². The maximum atomic E-state index is 14.9. The van der Waals surface area contributed by atoms with Gasteiger partial charge in [0.1, 0.15) is 36.6 Å². The number of thioether (sulfide) groups is 1. The van der Waals surface area contributed by atoms with Gasteiger partial charge < -0.3 is 42.3 Å². The molecular formula is C58H66O10SSi. The van der Waals surface area contributed by atoms with Gasteiger partial charge in [-0.05, 0) is 58.1 Å². The van der Waals surface area contributed by atoms with Crippen LogP contribution in [0.4, 0.5) is 0 Å². The maximum absolute atomic E-state index is 14.9. The van der Waals surface area contributed by atoms with E-state index >= 15 is 0 Å². The summed E-state index contributed by atoms with van der Waals surface area (Å²) in [5.41, 5.74) is 4.03. The lowest BCUT2D eigenvalue weighted by atomic mass is 9.97. The van der Waals surface area contributed by atoms with E-state index in [9.17, 15) is 4.79 Å². The molecule has 2 aliphatic rings. The van der Waals surface area contributed by atoms with E-state index < -0.39 is 68.7 Å². The molecule has 2 aliphatic heterocycles. The summed E-state index contributed by atoms with van der Waals surface area (Å²) >= 11 is 1.40. The molecule has 2 fully saturated rings. The summed E-state index contributed by atoms with van der Waals surface area (Å²) in [5.74, 6) is -0.613. The Hall–Kier alpha value is -4.96. The molecule has 0 N–H and O–H groups in total. The van der Waals surface area contributed by atoms with Gasteiger partial charge in [0.25, 0.3) is 0 Å². The minimum atomic E-state index is -2.62. The fourth-order valence-electron chi connectivity index (χ4n) is 8.15. The van der Waals surface area contributed by atoms with E-state index in [-0.39, 0.29) is 38.1 Å². The maximum Gasteiger partial charge on any atom is 0.339 e. The van der Waals surface area contributed by atoms with Crippen LogP contribution in [0.1, 0.15) is 48.6 Å². The molecule has 2 heterocycles. The minimum absolute atomic E-state index is 0.124. The quantitative estimate of drug-likeness (QED) is 0.0480. The molecule has 368 valence electrons. The van der Waals surface area contributed by atoms with Crippen LogP contribution in [0, 0.1) is 0 Å². The van der Waals surface area contributed by atoms with Crippen molar-refractivity contribution >= 4 is 26.0 Å². The largest absolute Gasteiger partial charge is 0.446 e. The summed E-state index contributed by atoms with van der Waals surface area (Å²) in [5, 5.41) is -0.201. The molecule has 0 amide bonds. The molecule has 10 nitrogen and oxygen atoms in total. The molecular weight excluding hydrogens is 917 g/mol. The molecule has 0 bridgehead atoms. The third-order valence-corrected chi connectivity index (χ3v) is 18.6. The Labute approximate surface area is 419 Å². The van der Waals surface area contributed by atoms with Crippen LogP contribution < -0.4 is 0 Å². The van der Waals surface area contributed by atoms with Crippen LogP contribution in [0.25, 0.3) is 0 Å². The van der Waals surface area contributed by atoms with E-state index in [1.54, 1.807) is 0 Å². The molecule has 0 spiro atoms. The van der Waals surface area contributed by atoms with Crippen molar-refractivity contribution in [1.82, 2.24) is 0 Å². The Morgan fingerprint density at radius 1 is 0.500 bits per heavy atom. The standard InChI is InChI=1S/C58H66O10SSi/c1-58(2,3)70(4,5)68-51-49(61-37-43-26-14-7-15-27-43)48(41-60-36-42-24-12-6-13-25-42)65-56(53(51)63-39-45-30-18-9-19-31-45)66-52-50(62-38-44-28-16-8-17-29-44)54(64-40-46-32-20-10-21-33-46)57(67-55(52)59)69-47-34-22-11-23-35-47/h6-35,48-54,56-57H,36-41H2,1-5H3/t48-,49+,50+,51+,52+,53-,54-,56+,57-/m1/s1. The van der Waals surface area contributed by atoms with Crippen molar-refractivity contribution in [2.45, 2.75) is 131 Å². The highest BCUT2D eigenvalue weighted by Gasteiger charge is 2.56. The second-order valence-electron chi connectivity index (χ2n) is 19.2. The van der Waals surface area contributed by atoms with E-state index in [0.29, 0.717) is 6.61 Å². The average Bonchev–Trinajstić information content (AvgIpc) is 3.37. The van der Waals surface area contributed by atoms with Crippen molar-refractivity contribution in [3.05, 3.63) is 210 Å². The fraction of sp³-hybridized carbons (Fsp3) is 0.362. The number of hydrogen-bond donors (Lipinski definition) is 0. The van der Waals surface area contributed by atoms with Gasteiger partial charge in [-0.2, -0.15) is 0 Å². The first-order chi connectivity index (χ1) is 34.0. The highest BCUT2D eigenvalue weighted by Crippen LogP contribution is 2.43. The van der Waals surface area contributed by atoms with Gasteiger partial charge in [-0.3, -0.25) is 0 Å². The first kappa shape index (κ1) is 51.4. The number of benzene rings is 6. The predicted molar refractivity (Wildman–Crippen MR) is 274 cm³/mol. The summed E-state index contributed by atoms with van der Waals surface area (Å²) in [7, 11) is -2.62. The molecule has 6 aromatic carbocycles. The van der Waals surface area contributed by atoms with Crippen molar-refractivity contribution in [3.63, 3.8) is 0 Å². The Morgan fingerprint density at radius 2 is 0.900 bits per heavy atom. The van der Waals surface area contributed by atoms with Gasteiger partial charge in [0, 0.05) is 4.90 Å². The summed E-state index contributed by atoms with van der Waals surface area (Å²) in [4.78, 5) is 15.8. The number of ether oxygens (including phenoxy) is 8.